The van der Waals surface area contributed by atoms with E-state index >= 15 is 0 Å². The summed E-state index contributed by atoms with van der Waals surface area (Å²) in [7, 11) is 0. The first kappa shape index (κ1) is 8.05. The van der Waals surface area contributed by atoms with Gasteiger partial charge in [-0.15, -0.1) is 11.3 Å². The summed E-state index contributed by atoms with van der Waals surface area (Å²) >= 11 is 1.81. The van der Waals surface area contributed by atoms with E-state index in [0.717, 1.165) is 18.8 Å². The van der Waals surface area contributed by atoms with Crippen LogP contribution in [-0.4, -0.2) is 16.7 Å². The van der Waals surface area contributed by atoms with Gasteiger partial charge in [-0.2, -0.15) is 5.10 Å². The second-order valence-corrected chi connectivity index (χ2v) is 4.80. The average Bonchev–Trinajstić information content (AvgIpc) is 2.77. The molecular formula is C10H11N3S. The predicted octanol–water partition coefficient (Wildman–Crippen LogP) is 2.41. The van der Waals surface area contributed by atoms with Gasteiger partial charge in [0.1, 0.15) is 0 Å². The number of aromatic nitrogens is 2. The zero-order chi connectivity index (χ0) is 9.54. The van der Waals surface area contributed by atoms with Crippen LogP contribution in [0.1, 0.15) is 10.4 Å². The zero-order valence-electron chi connectivity index (χ0n) is 7.92. The molecule has 0 amide bonds. The number of aryl methyl sites for hydroxylation is 1. The number of fused-ring (bicyclic) bond motifs is 1. The van der Waals surface area contributed by atoms with Crippen molar-refractivity contribution in [3.05, 3.63) is 22.6 Å². The Bertz CT molecular complexity index is 469. The summed E-state index contributed by atoms with van der Waals surface area (Å²) in [5.74, 6) is 1.03. The van der Waals surface area contributed by atoms with E-state index in [0.29, 0.717) is 0 Å². The van der Waals surface area contributed by atoms with Gasteiger partial charge in [0.15, 0.2) is 5.82 Å². The highest BCUT2D eigenvalue weighted by atomic mass is 32.1. The van der Waals surface area contributed by atoms with Crippen molar-refractivity contribution >= 4 is 17.2 Å². The van der Waals surface area contributed by atoms with Gasteiger partial charge >= 0.3 is 0 Å². The summed E-state index contributed by atoms with van der Waals surface area (Å²) in [5, 5.41) is 10.6. The highest BCUT2D eigenvalue weighted by Crippen LogP contribution is 2.34. The molecule has 3 heterocycles. The van der Waals surface area contributed by atoms with Crippen molar-refractivity contribution < 1.29 is 0 Å². The van der Waals surface area contributed by atoms with Crippen molar-refractivity contribution in [2.45, 2.75) is 13.3 Å². The highest BCUT2D eigenvalue weighted by Gasteiger charge is 2.19. The van der Waals surface area contributed by atoms with Gasteiger partial charge in [0.25, 0.3) is 0 Å². The van der Waals surface area contributed by atoms with Gasteiger partial charge in [-0.05, 0) is 25.5 Å². The molecule has 4 heteroatoms. The molecule has 0 atom stereocenters. The first-order valence-electron chi connectivity index (χ1n) is 4.72. The molecule has 0 saturated heterocycles. The van der Waals surface area contributed by atoms with E-state index in [4.69, 9.17) is 0 Å². The fraction of sp³-hybridized carbons (Fsp3) is 0.300. The first-order chi connectivity index (χ1) is 6.84. The smallest absolute Gasteiger partial charge is 0.151 e. The maximum absolute atomic E-state index is 4.25. The lowest BCUT2D eigenvalue weighted by molar-refractivity contribution is 1.04. The van der Waals surface area contributed by atoms with Crippen LogP contribution >= 0.6 is 11.3 Å². The minimum absolute atomic E-state index is 1.02. The van der Waals surface area contributed by atoms with Crippen LogP contribution in [0, 0.1) is 6.92 Å². The Morgan fingerprint density at radius 1 is 1.43 bits per heavy atom. The van der Waals surface area contributed by atoms with E-state index in [2.05, 4.69) is 34.6 Å². The Labute approximate surface area is 86.2 Å². The molecular weight excluding hydrogens is 194 g/mol. The summed E-state index contributed by atoms with van der Waals surface area (Å²) in [5.41, 5.74) is 2.54. The van der Waals surface area contributed by atoms with Crippen molar-refractivity contribution in [1.82, 2.24) is 10.2 Å². The van der Waals surface area contributed by atoms with Crippen molar-refractivity contribution in [2.24, 2.45) is 0 Å². The van der Waals surface area contributed by atoms with Crippen LogP contribution in [0.3, 0.4) is 0 Å². The molecule has 0 aliphatic carbocycles. The Hall–Kier alpha value is -1.29. The second kappa shape index (κ2) is 2.85. The van der Waals surface area contributed by atoms with E-state index in [-0.39, 0.29) is 0 Å². The molecule has 3 nitrogen and oxygen atoms in total. The van der Waals surface area contributed by atoms with Gasteiger partial charge < -0.3 is 5.32 Å². The fourth-order valence-corrected chi connectivity index (χ4v) is 2.72. The molecule has 1 aliphatic heterocycles. The Kier molecular flexibility index (Phi) is 1.64. The molecule has 14 heavy (non-hydrogen) atoms. The Morgan fingerprint density at radius 2 is 2.36 bits per heavy atom. The van der Waals surface area contributed by atoms with Gasteiger partial charge in [-0.3, -0.25) is 5.10 Å². The molecule has 0 radical (unpaired) electrons. The maximum atomic E-state index is 4.25. The summed E-state index contributed by atoms with van der Waals surface area (Å²) in [6.07, 6.45) is 1.08. The van der Waals surface area contributed by atoms with Gasteiger partial charge in [0.05, 0.1) is 10.6 Å². The van der Waals surface area contributed by atoms with E-state index in [1.165, 1.54) is 21.0 Å². The van der Waals surface area contributed by atoms with Crippen LogP contribution in [0.15, 0.2) is 12.1 Å². The topological polar surface area (TPSA) is 40.7 Å². The monoisotopic (exact) mass is 205 g/mol. The lowest BCUT2D eigenvalue weighted by atomic mass is 10.2. The highest BCUT2D eigenvalue weighted by molar-refractivity contribution is 7.15. The predicted molar refractivity (Wildman–Crippen MR) is 58.8 cm³/mol. The minimum atomic E-state index is 1.02. The summed E-state index contributed by atoms with van der Waals surface area (Å²) in [6.45, 7) is 3.15. The van der Waals surface area contributed by atoms with Gasteiger partial charge in [-0.25, -0.2) is 0 Å². The second-order valence-electron chi connectivity index (χ2n) is 3.51. The number of hydrogen-bond donors (Lipinski definition) is 2. The molecule has 72 valence electrons. The van der Waals surface area contributed by atoms with Crippen LogP contribution in [0.5, 0.6) is 0 Å². The van der Waals surface area contributed by atoms with Gasteiger partial charge in [0.2, 0.25) is 0 Å². The summed E-state index contributed by atoms with van der Waals surface area (Å²) in [6, 6.07) is 4.31. The quantitative estimate of drug-likeness (QED) is 0.750. The largest absolute Gasteiger partial charge is 0.368 e. The van der Waals surface area contributed by atoms with E-state index in [1.54, 1.807) is 0 Å². The molecule has 2 aromatic heterocycles. The Balaban J connectivity index is 2.12. The zero-order valence-corrected chi connectivity index (χ0v) is 8.74. The van der Waals surface area contributed by atoms with Crippen molar-refractivity contribution in [1.29, 1.82) is 0 Å². The van der Waals surface area contributed by atoms with E-state index < -0.39 is 0 Å². The van der Waals surface area contributed by atoms with Gasteiger partial charge in [-0.1, -0.05) is 0 Å². The molecule has 1 aliphatic rings. The van der Waals surface area contributed by atoms with Crippen LogP contribution in [0.25, 0.3) is 10.6 Å². The van der Waals surface area contributed by atoms with E-state index in [9.17, 15) is 0 Å². The number of nitrogens with zero attached hydrogens (tertiary/aromatic N) is 1. The number of hydrogen-bond acceptors (Lipinski definition) is 3. The number of nitrogens with one attached hydrogen (secondary N) is 2. The van der Waals surface area contributed by atoms with Crippen LogP contribution in [0.4, 0.5) is 5.82 Å². The van der Waals surface area contributed by atoms with Crippen LogP contribution in [0.2, 0.25) is 0 Å². The van der Waals surface area contributed by atoms with Crippen molar-refractivity contribution in [3.63, 3.8) is 0 Å². The average molecular weight is 205 g/mol. The molecule has 2 N–H and O–H groups in total. The van der Waals surface area contributed by atoms with E-state index in [1.807, 2.05) is 11.3 Å². The minimum Gasteiger partial charge on any atom is -0.368 e. The SMILES string of the molecule is Cc1ccc(-c2[nH]nc3c2CCN3)s1. The fourth-order valence-electron chi connectivity index (χ4n) is 1.83. The molecule has 0 saturated carbocycles. The van der Waals surface area contributed by atoms with Crippen LogP contribution < -0.4 is 5.32 Å². The third kappa shape index (κ3) is 1.07. The third-order valence-corrected chi connectivity index (χ3v) is 3.54. The number of rotatable bonds is 1. The maximum Gasteiger partial charge on any atom is 0.151 e. The number of anilines is 1. The number of thiophene rings is 1. The van der Waals surface area contributed by atoms with Crippen molar-refractivity contribution in [3.8, 4) is 10.6 Å². The number of aromatic amines is 1. The summed E-state index contributed by atoms with van der Waals surface area (Å²) in [4.78, 5) is 2.63. The molecule has 3 rings (SSSR count). The van der Waals surface area contributed by atoms with Gasteiger partial charge in [0, 0.05) is 17.0 Å². The molecule has 2 aromatic rings. The van der Waals surface area contributed by atoms with Crippen LogP contribution in [-0.2, 0) is 6.42 Å². The lowest BCUT2D eigenvalue weighted by Crippen LogP contribution is -1.94. The molecule has 0 bridgehead atoms. The molecule has 0 fully saturated rings. The first-order valence-corrected chi connectivity index (χ1v) is 5.54. The molecule has 0 unspecified atom stereocenters. The van der Waals surface area contributed by atoms with Crippen molar-refractivity contribution in [2.75, 3.05) is 11.9 Å². The lowest BCUT2D eigenvalue weighted by Gasteiger charge is -1.93. The molecule has 0 aromatic carbocycles. The Morgan fingerprint density at radius 3 is 3.14 bits per heavy atom. The number of H-pyrrole nitrogens is 1. The molecule has 0 spiro atoms. The summed E-state index contributed by atoms with van der Waals surface area (Å²) < 4.78 is 0. The standard InChI is InChI=1S/C10H11N3S/c1-6-2-3-8(14-6)9-7-4-5-11-10(7)13-12-9/h2-3H,4-5H2,1H3,(H2,11,12,13). The third-order valence-electron chi connectivity index (χ3n) is 2.52. The normalized spacial score (nSPS) is 14.1.